The van der Waals surface area contributed by atoms with Gasteiger partial charge in [0.15, 0.2) is 5.37 Å². The molecular formula is C4H9NO3S2. The first-order valence-corrected chi connectivity index (χ1v) is 3.76. The largest absolute Gasteiger partial charge is 0.389 e. The molecule has 0 aliphatic heterocycles. The highest BCUT2D eigenvalue weighted by molar-refractivity contribution is 7.81. The zero-order chi connectivity index (χ0) is 8.15. The lowest BCUT2D eigenvalue weighted by Gasteiger charge is -2.15. The fraction of sp³-hybridized carbons (Fsp3) is 1.00. The summed E-state index contributed by atoms with van der Waals surface area (Å²) in [6.45, 7) is 0. The minimum Gasteiger partial charge on any atom is -0.389 e. The Balaban J connectivity index is 3.80. The van der Waals surface area contributed by atoms with Crippen LogP contribution >= 0.6 is 25.3 Å². The van der Waals surface area contributed by atoms with Crippen LogP contribution < -0.4 is 0 Å². The molecule has 0 spiro atoms. The summed E-state index contributed by atoms with van der Waals surface area (Å²) in [7, 11) is 0. The van der Waals surface area contributed by atoms with E-state index in [1.165, 1.54) is 0 Å². The summed E-state index contributed by atoms with van der Waals surface area (Å²) in [5.74, 6) is 0.0771. The standard InChI is InChI=1S/C4H9NO3S2/c6-2(1-9)3(7)4(10)5-8/h2-4,6-7,9-10H,1H2/t2-,3+,4?/m1/s1. The maximum atomic E-state index is 9.74. The van der Waals surface area contributed by atoms with Crippen LogP contribution in [-0.2, 0) is 0 Å². The summed E-state index contributed by atoms with van der Waals surface area (Å²) in [5, 5.41) is 19.1. The smallest absolute Gasteiger partial charge is 0.163 e. The molecule has 0 heterocycles. The molecule has 0 aromatic rings. The van der Waals surface area contributed by atoms with Crippen molar-refractivity contribution in [3.8, 4) is 0 Å². The second kappa shape index (κ2) is 4.95. The van der Waals surface area contributed by atoms with Gasteiger partial charge in [0.05, 0.1) is 6.10 Å². The summed E-state index contributed by atoms with van der Waals surface area (Å²) in [6.07, 6.45) is -2.29. The lowest BCUT2D eigenvalue weighted by Crippen LogP contribution is -2.34. The molecule has 0 saturated heterocycles. The molecule has 1 unspecified atom stereocenters. The molecule has 10 heavy (non-hydrogen) atoms. The Morgan fingerprint density at radius 3 is 2.30 bits per heavy atom. The van der Waals surface area contributed by atoms with Crippen molar-refractivity contribution in [1.29, 1.82) is 0 Å². The van der Waals surface area contributed by atoms with Crippen molar-refractivity contribution in [2.75, 3.05) is 5.75 Å². The molecule has 0 rings (SSSR count). The van der Waals surface area contributed by atoms with Gasteiger partial charge in [-0.1, -0.05) is 5.18 Å². The number of aliphatic hydroxyl groups is 2. The van der Waals surface area contributed by atoms with Crippen molar-refractivity contribution in [2.24, 2.45) is 5.18 Å². The van der Waals surface area contributed by atoms with Crippen LogP contribution in [0.15, 0.2) is 5.18 Å². The number of thiol groups is 2. The average molecular weight is 183 g/mol. The van der Waals surface area contributed by atoms with E-state index in [2.05, 4.69) is 30.4 Å². The summed E-state index contributed by atoms with van der Waals surface area (Å²) in [4.78, 5) is 9.74. The SMILES string of the molecule is O=NC(S)[C@@H](O)[C@H](O)CS. The Morgan fingerprint density at radius 2 is 2.00 bits per heavy atom. The van der Waals surface area contributed by atoms with E-state index in [0.717, 1.165) is 0 Å². The highest BCUT2D eigenvalue weighted by Gasteiger charge is 2.22. The lowest BCUT2D eigenvalue weighted by atomic mass is 10.2. The van der Waals surface area contributed by atoms with Crippen LogP contribution in [0.3, 0.4) is 0 Å². The van der Waals surface area contributed by atoms with Crippen molar-refractivity contribution < 1.29 is 10.2 Å². The van der Waals surface area contributed by atoms with Crippen LogP contribution in [0.2, 0.25) is 0 Å². The molecule has 0 amide bonds. The third-order valence-corrected chi connectivity index (χ3v) is 1.77. The van der Waals surface area contributed by atoms with E-state index in [1.54, 1.807) is 0 Å². The van der Waals surface area contributed by atoms with Crippen LogP contribution in [0.4, 0.5) is 0 Å². The zero-order valence-corrected chi connectivity index (χ0v) is 6.87. The Kier molecular flexibility index (Phi) is 5.06. The van der Waals surface area contributed by atoms with Crippen LogP contribution in [-0.4, -0.2) is 33.5 Å². The van der Waals surface area contributed by atoms with Crippen molar-refractivity contribution in [1.82, 2.24) is 0 Å². The molecule has 0 fully saturated rings. The van der Waals surface area contributed by atoms with E-state index in [0.29, 0.717) is 0 Å². The molecule has 0 saturated carbocycles. The molecule has 60 valence electrons. The third kappa shape index (κ3) is 2.87. The van der Waals surface area contributed by atoms with E-state index < -0.39 is 17.6 Å². The highest BCUT2D eigenvalue weighted by Crippen LogP contribution is 2.08. The van der Waals surface area contributed by atoms with Gasteiger partial charge in [0.2, 0.25) is 0 Å². The summed E-state index contributed by atoms with van der Waals surface area (Å²) in [5.41, 5.74) is 0. The summed E-state index contributed by atoms with van der Waals surface area (Å²) in [6, 6.07) is 0. The number of hydrogen-bond acceptors (Lipinski definition) is 6. The van der Waals surface area contributed by atoms with Gasteiger partial charge in [-0.3, -0.25) is 0 Å². The van der Waals surface area contributed by atoms with Crippen LogP contribution in [0, 0.1) is 4.91 Å². The summed E-state index contributed by atoms with van der Waals surface area (Å²) >= 11 is 7.30. The normalized spacial score (nSPS) is 19.6. The highest BCUT2D eigenvalue weighted by atomic mass is 32.1. The fourth-order valence-electron chi connectivity index (χ4n) is 0.369. The molecule has 3 atom stereocenters. The molecule has 0 aromatic heterocycles. The van der Waals surface area contributed by atoms with Gasteiger partial charge in [0.25, 0.3) is 0 Å². The van der Waals surface area contributed by atoms with Crippen molar-refractivity contribution in [3.05, 3.63) is 4.91 Å². The van der Waals surface area contributed by atoms with Gasteiger partial charge in [-0.05, 0) is 0 Å². The molecular weight excluding hydrogens is 174 g/mol. The zero-order valence-electron chi connectivity index (χ0n) is 5.08. The van der Waals surface area contributed by atoms with E-state index in [4.69, 9.17) is 10.2 Å². The van der Waals surface area contributed by atoms with Gasteiger partial charge in [0.1, 0.15) is 6.10 Å². The van der Waals surface area contributed by atoms with Crippen LogP contribution in [0.5, 0.6) is 0 Å². The molecule has 0 aliphatic rings. The van der Waals surface area contributed by atoms with Crippen LogP contribution in [0.25, 0.3) is 0 Å². The molecule has 2 N–H and O–H groups in total. The minimum atomic E-state index is -1.24. The summed E-state index contributed by atoms with van der Waals surface area (Å²) < 4.78 is 0. The predicted molar refractivity (Wildman–Crippen MR) is 44.4 cm³/mol. The van der Waals surface area contributed by atoms with E-state index in [-0.39, 0.29) is 5.75 Å². The molecule has 0 radical (unpaired) electrons. The van der Waals surface area contributed by atoms with E-state index in [1.807, 2.05) is 0 Å². The first kappa shape index (κ1) is 10.2. The minimum absolute atomic E-state index is 0.0771. The quantitative estimate of drug-likeness (QED) is 0.356. The Hall–Kier alpha value is 0.220. The topological polar surface area (TPSA) is 69.9 Å². The predicted octanol–water partition coefficient (Wildman–Crippen LogP) is -0.340. The molecule has 6 heteroatoms. The van der Waals surface area contributed by atoms with Gasteiger partial charge < -0.3 is 10.2 Å². The van der Waals surface area contributed by atoms with Crippen molar-refractivity contribution >= 4 is 25.3 Å². The fourth-order valence-corrected chi connectivity index (χ4v) is 0.784. The second-order valence-corrected chi connectivity index (χ2v) is 2.65. The van der Waals surface area contributed by atoms with Crippen molar-refractivity contribution in [2.45, 2.75) is 17.6 Å². The van der Waals surface area contributed by atoms with Gasteiger partial charge >= 0.3 is 0 Å². The van der Waals surface area contributed by atoms with Gasteiger partial charge in [-0.25, -0.2) is 0 Å². The molecule has 0 bridgehead atoms. The van der Waals surface area contributed by atoms with Gasteiger partial charge in [-0.2, -0.15) is 12.6 Å². The van der Waals surface area contributed by atoms with Gasteiger partial charge in [-0.15, -0.1) is 17.5 Å². The number of rotatable bonds is 4. The molecule has 0 aliphatic carbocycles. The van der Waals surface area contributed by atoms with E-state index in [9.17, 15) is 4.91 Å². The van der Waals surface area contributed by atoms with Crippen LogP contribution in [0.1, 0.15) is 0 Å². The third-order valence-electron chi connectivity index (χ3n) is 0.995. The number of aliphatic hydroxyl groups excluding tert-OH is 2. The monoisotopic (exact) mass is 183 g/mol. The maximum absolute atomic E-state index is 9.74. The Bertz CT molecular complexity index is 113. The number of nitrogens with zero attached hydrogens (tertiary/aromatic N) is 1. The Morgan fingerprint density at radius 1 is 1.50 bits per heavy atom. The van der Waals surface area contributed by atoms with E-state index >= 15 is 0 Å². The molecule has 0 aromatic carbocycles. The maximum Gasteiger partial charge on any atom is 0.163 e. The average Bonchev–Trinajstić information content (AvgIpc) is 2.00. The van der Waals surface area contributed by atoms with Gasteiger partial charge in [0, 0.05) is 5.75 Å². The lowest BCUT2D eigenvalue weighted by molar-refractivity contribution is 0.0349. The Labute approximate surface area is 69.4 Å². The molecule has 4 nitrogen and oxygen atoms in total. The number of hydrogen-bond donors (Lipinski definition) is 4. The second-order valence-electron chi connectivity index (χ2n) is 1.76. The first-order chi connectivity index (χ1) is 4.63. The van der Waals surface area contributed by atoms with Crippen molar-refractivity contribution in [3.63, 3.8) is 0 Å². The first-order valence-electron chi connectivity index (χ1n) is 2.61. The number of nitroso groups, excluding NO2 is 1.